The number of hydrogen-bond donors (Lipinski definition) is 1. The summed E-state index contributed by atoms with van der Waals surface area (Å²) in [6.07, 6.45) is 1.37. The van der Waals surface area contributed by atoms with Gasteiger partial charge in [0.1, 0.15) is 17.2 Å². The molecule has 11 heteroatoms. The van der Waals surface area contributed by atoms with Crippen molar-refractivity contribution in [1.29, 1.82) is 0 Å². The number of rotatable bonds is 3. The van der Waals surface area contributed by atoms with Crippen LogP contribution in [0.3, 0.4) is 0 Å². The smallest absolute Gasteiger partial charge is 0.258 e. The summed E-state index contributed by atoms with van der Waals surface area (Å²) in [5, 5.41) is 3.68. The van der Waals surface area contributed by atoms with Gasteiger partial charge in [-0.15, -0.1) is 0 Å². The highest BCUT2D eigenvalue weighted by molar-refractivity contribution is 7.09. The number of nitrogens with one attached hydrogen (secondary N) is 1. The maximum atomic E-state index is 14.1. The van der Waals surface area contributed by atoms with Crippen molar-refractivity contribution in [1.82, 2.24) is 23.8 Å². The molecule has 1 atom stereocenters. The third-order valence-electron chi connectivity index (χ3n) is 5.50. The van der Waals surface area contributed by atoms with Crippen LogP contribution >= 0.6 is 11.5 Å². The lowest BCUT2D eigenvalue weighted by Crippen LogP contribution is -2.41. The van der Waals surface area contributed by atoms with Crippen molar-refractivity contribution in [2.45, 2.75) is 33.4 Å². The molecule has 2 amide bonds. The van der Waals surface area contributed by atoms with Crippen LogP contribution < -0.4 is 5.32 Å². The standard InChI is InChI=1S/C21H19FN6O3S/c1-10-16-18(24-12(3)29)25-19(20-23-11(2)26-32-20)28(16)8-7-27(10)21(30)14-4-5-15(22)13-6-9-31-17(13)14/h4-6,9-10H,7-8H2,1-3H3,(H,24,29). The summed E-state index contributed by atoms with van der Waals surface area (Å²) < 4.78 is 25.7. The number of benzene rings is 1. The summed E-state index contributed by atoms with van der Waals surface area (Å²) in [7, 11) is 0. The van der Waals surface area contributed by atoms with E-state index in [-0.39, 0.29) is 28.3 Å². The molecular formula is C21H19FN6O3S. The Balaban J connectivity index is 1.57. The average molecular weight is 454 g/mol. The van der Waals surface area contributed by atoms with Crippen LogP contribution in [0.25, 0.3) is 21.8 Å². The Kier molecular flexibility index (Phi) is 4.77. The Bertz CT molecular complexity index is 1370. The minimum Gasteiger partial charge on any atom is -0.463 e. The van der Waals surface area contributed by atoms with Crippen LogP contribution in [-0.4, -0.2) is 42.2 Å². The lowest BCUT2D eigenvalue weighted by molar-refractivity contribution is -0.114. The third kappa shape index (κ3) is 3.16. The summed E-state index contributed by atoms with van der Waals surface area (Å²) in [6.45, 7) is 5.93. The van der Waals surface area contributed by atoms with Gasteiger partial charge in [-0.1, -0.05) is 0 Å². The number of carbonyl (C=O) groups excluding carboxylic acids is 2. The van der Waals surface area contributed by atoms with E-state index in [2.05, 4.69) is 19.7 Å². The molecule has 0 saturated carbocycles. The van der Waals surface area contributed by atoms with Gasteiger partial charge in [0.25, 0.3) is 5.91 Å². The number of nitrogens with zero attached hydrogens (tertiary/aromatic N) is 5. The molecule has 164 valence electrons. The number of aryl methyl sites for hydroxylation is 1. The first kappa shape index (κ1) is 20.3. The minimum atomic E-state index is -0.444. The van der Waals surface area contributed by atoms with Gasteiger partial charge in [0.15, 0.2) is 16.6 Å². The SMILES string of the molecule is CC(=O)Nc1nc(-c2nc(C)ns2)n2c1C(C)N(C(=O)c1ccc(F)c3ccoc13)CC2. The highest BCUT2D eigenvalue weighted by Gasteiger charge is 2.35. The van der Waals surface area contributed by atoms with E-state index in [9.17, 15) is 14.0 Å². The zero-order valence-corrected chi connectivity index (χ0v) is 18.4. The number of anilines is 1. The molecular weight excluding hydrogens is 435 g/mol. The predicted molar refractivity (Wildman–Crippen MR) is 116 cm³/mol. The molecule has 0 bridgehead atoms. The van der Waals surface area contributed by atoms with Crippen molar-refractivity contribution in [3.63, 3.8) is 0 Å². The van der Waals surface area contributed by atoms with Gasteiger partial charge in [0, 0.05) is 20.0 Å². The van der Waals surface area contributed by atoms with Crippen LogP contribution in [0.1, 0.15) is 41.8 Å². The summed E-state index contributed by atoms with van der Waals surface area (Å²) in [4.78, 5) is 36.0. The molecule has 0 saturated heterocycles. The number of amides is 2. The molecule has 0 fully saturated rings. The first-order valence-corrected chi connectivity index (χ1v) is 10.8. The fourth-order valence-corrected chi connectivity index (χ4v) is 4.77. The second-order valence-corrected chi connectivity index (χ2v) is 8.33. The molecule has 0 spiro atoms. The summed E-state index contributed by atoms with van der Waals surface area (Å²) >= 11 is 1.23. The van der Waals surface area contributed by atoms with Crippen LogP contribution in [0.4, 0.5) is 10.2 Å². The van der Waals surface area contributed by atoms with Crippen molar-refractivity contribution in [3.8, 4) is 10.8 Å². The van der Waals surface area contributed by atoms with E-state index in [0.29, 0.717) is 41.3 Å². The fraction of sp³-hybridized carbons (Fsp3) is 0.286. The number of hydrogen-bond acceptors (Lipinski definition) is 7. The molecule has 9 nitrogen and oxygen atoms in total. The maximum absolute atomic E-state index is 14.1. The van der Waals surface area contributed by atoms with Crippen molar-refractivity contribution in [3.05, 3.63) is 47.4 Å². The predicted octanol–water partition coefficient (Wildman–Crippen LogP) is 3.77. The van der Waals surface area contributed by atoms with Crippen LogP contribution in [-0.2, 0) is 11.3 Å². The largest absolute Gasteiger partial charge is 0.463 e. The molecule has 1 aromatic carbocycles. The average Bonchev–Trinajstić information content (AvgIpc) is 3.47. The van der Waals surface area contributed by atoms with E-state index < -0.39 is 11.9 Å². The molecule has 1 aliphatic rings. The van der Waals surface area contributed by atoms with Crippen molar-refractivity contribution < 1.29 is 18.4 Å². The van der Waals surface area contributed by atoms with Gasteiger partial charge in [-0.2, -0.15) is 4.37 Å². The van der Waals surface area contributed by atoms with Gasteiger partial charge in [-0.05, 0) is 43.6 Å². The lowest BCUT2D eigenvalue weighted by Gasteiger charge is -2.35. The second kappa shape index (κ2) is 7.52. The number of imidazole rings is 1. The molecule has 1 unspecified atom stereocenters. The van der Waals surface area contributed by atoms with Crippen molar-refractivity contribution >= 4 is 40.1 Å². The topological polar surface area (TPSA) is 106 Å². The first-order chi connectivity index (χ1) is 15.3. The molecule has 32 heavy (non-hydrogen) atoms. The second-order valence-electron chi connectivity index (χ2n) is 7.58. The fourth-order valence-electron chi connectivity index (χ4n) is 4.10. The number of halogens is 1. The normalized spacial score (nSPS) is 15.8. The Morgan fingerprint density at radius 2 is 2.06 bits per heavy atom. The minimum absolute atomic E-state index is 0.216. The van der Waals surface area contributed by atoms with Gasteiger partial charge in [0.05, 0.1) is 28.9 Å². The van der Waals surface area contributed by atoms with E-state index in [1.165, 1.54) is 42.9 Å². The maximum Gasteiger partial charge on any atom is 0.258 e. The molecule has 0 radical (unpaired) electrons. The van der Waals surface area contributed by atoms with E-state index in [4.69, 9.17) is 4.42 Å². The Morgan fingerprint density at radius 1 is 1.25 bits per heavy atom. The zero-order chi connectivity index (χ0) is 22.6. The molecule has 0 aliphatic carbocycles. The van der Waals surface area contributed by atoms with E-state index in [1.54, 1.807) is 11.8 Å². The first-order valence-electron chi connectivity index (χ1n) is 10.0. The highest BCUT2D eigenvalue weighted by Crippen LogP contribution is 2.37. The van der Waals surface area contributed by atoms with Crippen molar-refractivity contribution in [2.75, 3.05) is 11.9 Å². The van der Waals surface area contributed by atoms with Gasteiger partial charge in [-0.3, -0.25) is 9.59 Å². The summed E-state index contributed by atoms with van der Waals surface area (Å²) in [6, 6.07) is 3.79. The number of carbonyl (C=O) groups is 2. The van der Waals surface area contributed by atoms with E-state index >= 15 is 0 Å². The number of fused-ring (bicyclic) bond motifs is 2. The molecule has 5 rings (SSSR count). The summed E-state index contributed by atoms with van der Waals surface area (Å²) in [5.41, 5.74) is 1.20. The number of furan rings is 1. The number of aromatic nitrogens is 4. The Morgan fingerprint density at radius 3 is 2.78 bits per heavy atom. The van der Waals surface area contributed by atoms with Crippen LogP contribution in [0.2, 0.25) is 0 Å². The van der Waals surface area contributed by atoms with Gasteiger partial charge < -0.3 is 19.2 Å². The Hall–Kier alpha value is -3.60. The molecule has 4 aromatic rings. The quantitative estimate of drug-likeness (QED) is 0.505. The van der Waals surface area contributed by atoms with Gasteiger partial charge in [0.2, 0.25) is 5.91 Å². The monoisotopic (exact) mass is 454 g/mol. The van der Waals surface area contributed by atoms with Crippen molar-refractivity contribution in [2.24, 2.45) is 0 Å². The molecule has 4 heterocycles. The molecule has 1 N–H and O–H groups in total. The van der Waals surface area contributed by atoms with Crippen LogP contribution in [0, 0.1) is 12.7 Å². The van der Waals surface area contributed by atoms with Crippen LogP contribution in [0.15, 0.2) is 28.9 Å². The molecule has 3 aromatic heterocycles. The van der Waals surface area contributed by atoms with E-state index in [1.807, 2.05) is 11.5 Å². The summed E-state index contributed by atoms with van der Waals surface area (Å²) in [5.74, 6) is 0.628. The Labute approximate surface area is 186 Å². The van der Waals surface area contributed by atoms with E-state index in [0.717, 1.165) is 0 Å². The van der Waals surface area contributed by atoms with Gasteiger partial charge in [-0.25, -0.2) is 14.4 Å². The molecule has 1 aliphatic heterocycles. The third-order valence-corrected chi connectivity index (χ3v) is 6.30. The lowest BCUT2D eigenvalue weighted by atomic mass is 10.1. The van der Waals surface area contributed by atoms with Gasteiger partial charge >= 0.3 is 0 Å². The zero-order valence-electron chi connectivity index (χ0n) is 17.5. The highest BCUT2D eigenvalue weighted by atomic mass is 32.1. The van der Waals surface area contributed by atoms with Crippen LogP contribution in [0.5, 0.6) is 0 Å².